The number of aliphatic imine (C=N–C) groups is 1. The molecule has 27 heavy (non-hydrogen) atoms. The molecule has 3 rings (SSSR count). The van der Waals surface area contributed by atoms with Gasteiger partial charge in [0.2, 0.25) is 0 Å². The minimum atomic E-state index is 0.723. The van der Waals surface area contributed by atoms with Gasteiger partial charge < -0.3 is 20.4 Å². The Balaban J connectivity index is 1.45. The molecule has 1 aliphatic heterocycles. The maximum atomic E-state index is 4.87. The monoisotopic (exact) mass is 371 g/mol. The lowest BCUT2D eigenvalue weighted by molar-refractivity contribution is 0.315. The van der Waals surface area contributed by atoms with Crippen molar-refractivity contribution >= 4 is 11.6 Å². The summed E-state index contributed by atoms with van der Waals surface area (Å²) < 4.78 is 0. The fourth-order valence-electron chi connectivity index (χ4n) is 3.95. The molecule has 5 heteroatoms. The van der Waals surface area contributed by atoms with Crippen molar-refractivity contribution in [2.24, 2.45) is 10.9 Å². The van der Waals surface area contributed by atoms with Crippen molar-refractivity contribution in [3.05, 3.63) is 29.8 Å². The fourth-order valence-corrected chi connectivity index (χ4v) is 3.95. The van der Waals surface area contributed by atoms with Crippen LogP contribution in [0.15, 0.2) is 29.3 Å². The van der Waals surface area contributed by atoms with E-state index in [1.165, 1.54) is 43.6 Å². The van der Waals surface area contributed by atoms with Crippen LogP contribution in [-0.2, 0) is 0 Å². The van der Waals surface area contributed by atoms with E-state index in [4.69, 9.17) is 4.99 Å². The highest BCUT2D eigenvalue weighted by Crippen LogP contribution is 2.31. The number of guanidine groups is 1. The summed E-state index contributed by atoms with van der Waals surface area (Å²) in [5, 5.41) is 6.92. The van der Waals surface area contributed by atoms with Crippen LogP contribution in [0.4, 0.5) is 5.69 Å². The number of likely N-dealkylation sites (tertiary alicyclic amines) is 1. The molecule has 150 valence electrons. The predicted molar refractivity (Wildman–Crippen MR) is 116 cm³/mol. The first-order valence-corrected chi connectivity index (χ1v) is 10.8. The van der Waals surface area contributed by atoms with Gasteiger partial charge in [0.15, 0.2) is 5.96 Å². The number of likely N-dealkylation sites (N-methyl/N-ethyl adjacent to an activating group) is 1. The third kappa shape index (κ3) is 6.13. The van der Waals surface area contributed by atoms with Crippen LogP contribution in [0.25, 0.3) is 0 Å². The van der Waals surface area contributed by atoms with Gasteiger partial charge in [0.25, 0.3) is 0 Å². The highest BCUT2D eigenvalue weighted by Gasteiger charge is 2.34. The van der Waals surface area contributed by atoms with E-state index in [-0.39, 0.29) is 0 Å². The molecule has 2 aliphatic rings. The quantitative estimate of drug-likeness (QED) is 0.517. The molecule has 1 aliphatic carbocycles. The molecule has 1 unspecified atom stereocenters. The maximum Gasteiger partial charge on any atom is 0.191 e. The number of rotatable bonds is 9. The molecule has 0 spiro atoms. The number of nitrogens with zero attached hydrogens (tertiary/aromatic N) is 3. The summed E-state index contributed by atoms with van der Waals surface area (Å²) in [5.41, 5.74) is 2.61. The molecule has 2 N–H and O–H groups in total. The van der Waals surface area contributed by atoms with E-state index in [9.17, 15) is 0 Å². The van der Waals surface area contributed by atoms with Crippen molar-refractivity contribution in [1.82, 2.24) is 15.5 Å². The van der Waals surface area contributed by atoms with Crippen molar-refractivity contribution < 1.29 is 0 Å². The minimum absolute atomic E-state index is 0.723. The van der Waals surface area contributed by atoms with E-state index < -0.39 is 0 Å². The molecule has 0 bridgehead atoms. The van der Waals surface area contributed by atoms with E-state index in [2.05, 4.69) is 65.5 Å². The Hall–Kier alpha value is -1.75. The first-order valence-electron chi connectivity index (χ1n) is 10.8. The van der Waals surface area contributed by atoms with Crippen LogP contribution in [0.5, 0.6) is 0 Å². The Bertz CT molecular complexity index is 610. The van der Waals surface area contributed by atoms with Gasteiger partial charge in [-0.05, 0) is 70.2 Å². The second-order valence-corrected chi connectivity index (χ2v) is 7.95. The number of anilines is 1. The third-order valence-electron chi connectivity index (χ3n) is 5.66. The van der Waals surface area contributed by atoms with E-state index in [0.717, 1.165) is 50.6 Å². The Labute approximate surface area is 165 Å². The lowest BCUT2D eigenvalue weighted by Crippen LogP contribution is -2.42. The van der Waals surface area contributed by atoms with Crippen LogP contribution in [0.1, 0.15) is 38.7 Å². The molecule has 1 saturated heterocycles. The average Bonchev–Trinajstić information content (AvgIpc) is 3.41. The molecule has 1 saturated carbocycles. The fraction of sp³-hybridized carbons (Fsp3) is 0.682. The number of benzene rings is 1. The van der Waals surface area contributed by atoms with Gasteiger partial charge in [0.1, 0.15) is 0 Å². The average molecular weight is 372 g/mol. The Kier molecular flexibility index (Phi) is 7.39. The maximum absolute atomic E-state index is 4.87. The van der Waals surface area contributed by atoms with Gasteiger partial charge in [-0.3, -0.25) is 4.99 Å². The predicted octanol–water partition coefficient (Wildman–Crippen LogP) is 2.86. The van der Waals surface area contributed by atoms with Gasteiger partial charge >= 0.3 is 0 Å². The van der Waals surface area contributed by atoms with Gasteiger partial charge in [-0.1, -0.05) is 12.1 Å². The summed E-state index contributed by atoms with van der Waals surface area (Å²) in [6.45, 7) is 13.7. The molecule has 0 amide bonds. The standard InChI is InChI=1S/C22H37N5/c1-4-23-22(25-16-19-11-13-27(17-19)20-9-10-20)24-12-14-26(5-2)21-8-6-7-18(3)15-21/h6-8,15,19-20H,4-5,9-14,16-17H2,1-3H3,(H2,23,24,25). The second-order valence-electron chi connectivity index (χ2n) is 7.95. The van der Waals surface area contributed by atoms with E-state index >= 15 is 0 Å². The van der Waals surface area contributed by atoms with Crippen LogP contribution in [0.2, 0.25) is 0 Å². The van der Waals surface area contributed by atoms with Crippen molar-refractivity contribution in [3.8, 4) is 0 Å². The summed E-state index contributed by atoms with van der Waals surface area (Å²) in [6.07, 6.45) is 4.13. The Morgan fingerprint density at radius 3 is 2.78 bits per heavy atom. The molecule has 2 fully saturated rings. The van der Waals surface area contributed by atoms with E-state index in [0.29, 0.717) is 0 Å². The minimum Gasteiger partial charge on any atom is -0.370 e. The Morgan fingerprint density at radius 2 is 2.07 bits per heavy atom. The highest BCUT2D eigenvalue weighted by atomic mass is 15.2. The van der Waals surface area contributed by atoms with Gasteiger partial charge in [0.05, 0.1) is 0 Å². The SMILES string of the molecule is CCNC(=NCC1CCN(C2CC2)C1)NCCN(CC)c1cccc(C)c1. The van der Waals surface area contributed by atoms with Crippen LogP contribution in [0.3, 0.4) is 0 Å². The lowest BCUT2D eigenvalue weighted by atomic mass is 10.1. The molecular formula is C22H37N5. The number of aryl methyl sites for hydroxylation is 1. The molecule has 1 aromatic carbocycles. The smallest absolute Gasteiger partial charge is 0.191 e. The first kappa shape index (κ1) is 20.0. The van der Waals surface area contributed by atoms with Gasteiger partial charge in [-0.25, -0.2) is 0 Å². The summed E-state index contributed by atoms with van der Waals surface area (Å²) in [6, 6.07) is 9.64. The molecule has 5 nitrogen and oxygen atoms in total. The molecule has 1 aromatic rings. The first-order chi connectivity index (χ1) is 13.2. The van der Waals surface area contributed by atoms with Crippen LogP contribution in [-0.4, -0.2) is 62.7 Å². The van der Waals surface area contributed by atoms with Gasteiger partial charge in [-0.2, -0.15) is 0 Å². The molecular weight excluding hydrogens is 334 g/mol. The van der Waals surface area contributed by atoms with Crippen molar-refractivity contribution in [2.45, 2.75) is 46.1 Å². The molecule has 1 heterocycles. The van der Waals surface area contributed by atoms with Crippen molar-refractivity contribution in [2.75, 3.05) is 50.7 Å². The second kappa shape index (κ2) is 9.98. The molecule has 1 atom stereocenters. The van der Waals surface area contributed by atoms with Crippen LogP contribution < -0.4 is 15.5 Å². The van der Waals surface area contributed by atoms with Crippen LogP contribution in [0, 0.1) is 12.8 Å². The summed E-state index contributed by atoms with van der Waals surface area (Å²) >= 11 is 0. The Morgan fingerprint density at radius 1 is 1.22 bits per heavy atom. The highest BCUT2D eigenvalue weighted by molar-refractivity contribution is 5.79. The zero-order valence-corrected chi connectivity index (χ0v) is 17.4. The number of nitrogens with one attached hydrogen (secondary N) is 2. The summed E-state index contributed by atoms with van der Waals surface area (Å²) in [7, 11) is 0. The number of hydrogen-bond acceptors (Lipinski definition) is 3. The van der Waals surface area contributed by atoms with Crippen molar-refractivity contribution in [3.63, 3.8) is 0 Å². The topological polar surface area (TPSA) is 42.9 Å². The summed E-state index contributed by atoms with van der Waals surface area (Å²) in [4.78, 5) is 9.95. The largest absolute Gasteiger partial charge is 0.370 e. The normalized spacial score (nSPS) is 20.7. The number of hydrogen-bond donors (Lipinski definition) is 2. The molecule has 0 aromatic heterocycles. The lowest BCUT2D eigenvalue weighted by Gasteiger charge is -2.24. The van der Waals surface area contributed by atoms with Crippen LogP contribution >= 0.6 is 0 Å². The molecule has 0 radical (unpaired) electrons. The third-order valence-corrected chi connectivity index (χ3v) is 5.66. The zero-order valence-electron chi connectivity index (χ0n) is 17.4. The summed E-state index contributed by atoms with van der Waals surface area (Å²) in [5.74, 6) is 1.68. The zero-order chi connectivity index (χ0) is 19.1. The van der Waals surface area contributed by atoms with Crippen molar-refractivity contribution in [1.29, 1.82) is 0 Å². The van der Waals surface area contributed by atoms with E-state index in [1.54, 1.807) is 0 Å². The van der Waals surface area contributed by atoms with Gasteiger partial charge in [0, 0.05) is 51.0 Å². The van der Waals surface area contributed by atoms with E-state index in [1.807, 2.05) is 0 Å². The van der Waals surface area contributed by atoms with Gasteiger partial charge in [-0.15, -0.1) is 0 Å².